The summed E-state index contributed by atoms with van der Waals surface area (Å²) in [4.78, 5) is 26.9. The Balaban J connectivity index is 2.13. The molecule has 0 bridgehead atoms. The Morgan fingerprint density at radius 1 is 1.26 bits per heavy atom. The van der Waals surface area contributed by atoms with Gasteiger partial charge in [-0.1, -0.05) is 25.1 Å². The number of aryl methyl sites for hydroxylation is 2. The molecule has 0 fully saturated rings. The van der Waals surface area contributed by atoms with Gasteiger partial charge in [-0.3, -0.25) is 14.3 Å². The molecule has 0 saturated heterocycles. The number of hydrogen-bond donors (Lipinski definition) is 1. The molecule has 0 aliphatic carbocycles. The van der Waals surface area contributed by atoms with E-state index >= 15 is 0 Å². The van der Waals surface area contributed by atoms with Crippen molar-refractivity contribution in [1.82, 2.24) is 14.7 Å². The molecule has 144 valence electrons. The average molecular weight is 368 g/mol. The maximum Gasteiger partial charge on any atom is 0.247 e. The second kappa shape index (κ2) is 9.16. The summed E-state index contributed by atoms with van der Waals surface area (Å²) >= 11 is 0. The molecule has 2 aromatic rings. The highest BCUT2D eigenvalue weighted by Gasteiger charge is 2.24. The smallest absolute Gasteiger partial charge is 0.247 e. The Morgan fingerprint density at radius 3 is 2.48 bits per heavy atom. The molecule has 27 heavy (non-hydrogen) atoms. The summed E-state index contributed by atoms with van der Waals surface area (Å²) in [6.07, 6.45) is 4.08. The minimum atomic E-state index is -0.571. The zero-order valence-corrected chi connectivity index (χ0v) is 16.7. The first kappa shape index (κ1) is 20.4. The van der Waals surface area contributed by atoms with Gasteiger partial charge < -0.3 is 10.2 Å². The number of aromatic nitrogens is 2. The maximum absolute atomic E-state index is 12.8. The largest absolute Gasteiger partial charge is 0.327 e. The van der Waals surface area contributed by atoms with Crippen molar-refractivity contribution in [3.05, 3.63) is 53.4 Å². The predicted octanol–water partition coefficient (Wildman–Crippen LogP) is 3.32. The molecule has 0 aliphatic heterocycles. The standard InChI is InChI=1S/C21H28N4O2/c1-6-14-25(17(4)21(27)22-18-10-8-7-9-11-18)20(26)13-12-19-15(2)23-24(5)16(19)3/h7-13,17H,6,14H2,1-5H3,(H,22,27)/b13-12+/t17-/m0/s1. The van der Waals surface area contributed by atoms with Gasteiger partial charge >= 0.3 is 0 Å². The van der Waals surface area contributed by atoms with Gasteiger partial charge in [0.05, 0.1) is 5.69 Å². The Labute approximate surface area is 160 Å². The van der Waals surface area contributed by atoms with Crippen LogP contribution >= 0.6 is 0 Å². The minimum Gasteiger partial charge on any atom is -0.327 e. The zero-order valence-electron chi connectivity index (χ0n) is 16.7. The number of nitrogens with one attached hydrogen (secondary N) is 1. The number of amides is 2. The fourth-order valence-corrected chi connectivity index (χ4v) is 2.93. The van der Waals surface area contributed by atoms with Crippen molar-refractivity contribution >= 4 is 23.6 Å². The van der Waals surface area contributed by atoms with Crippen molar-refractivity contribution < 1.29 is 9.59 Å². The van der Waals surface area contributed by atoms with Crippen LogP contribution in [-0.2, 0) is 16.6 Å². The Kier molecular flexibility index (Phi) is 6.93. The summed E-state index contributed by atoms with van der Waals surface area (Å²) in [5, 5.41) is 7.22. The van der Waals surface area contributed by atoms with Crippen LogP contribution in [0.1, 0.15) is 37.2 Å². The zero-order chi connectivity index (χ0) is 20.0. The van der Waals surface area contributed by atoms with Gasteiger partial charge in [0.2, 0.25) is 11.8 Å². The van der Waals surface area contributed by atoms with E-state index in [1.54, 1.807) is 22.6 Å². The van der Waals surface area contributed by atoms with Crippen molar-refractivity contribution in [3.8, 4) is 0 Å². The van der Waals surface area contributed by atoms with E-state index in [9.17, 15) is 9.59 Å². The second-order valence-corrected chi connectivity index (χ2v) is 6.60. The van der Waals surface area contributed by atoms with Gasteiger partial charge in [0.25, 0.3) is 0 Å². The maximum atomic E-state index is 12.8. The Morgan fingerprint density at radius 2 is 1.93 bits per heavy atom. The van der Waals surface area contributed by atoms with Crippen LogP contribution in [0.5, 0.6) is 0 Å². The molecule has 0 radical (unpaired) electrons. The summed E-state index contributed by atoms with van der Waals surface area (Å²) in [5.74, 6) is -0.389. The van der Waals surface area contributed by atoms with Gasteiger partial charge in [-0.15, -0.1) is 0 Å². The van der Waals surface area contributed by atoms with Crippen molar-refractivity contribution in [2.75, 3.05) is 11.9 Å². The highest BCUT2D eigenvalue weighted by molar-refractivity contribution is 5.99. The number of hydrogen-bond acceptors (Lipinski definition) is 3. The lowest BCUT2D eigenvalue weighted by Gasteiger charge is -2.27. The average Bonchev–Trinajstić information content (AvgIpc) is 2.89. The van der Waals surface area contributed by atoms with Gasteiger partial charge in [-0.05, 0) is 45.4 Å². The van der Waals surface area contributed by atoms with Gasteiger partial charge in [0.1, 0.15) is 6.04 Å². The molecule has 0 aliphatic rings. The minimum absolute atomic E-state index is 0.185. The molecular formula is C21H28N4O2. The van der Waals surface area contributed by atoms with E-state index in [0.717, 1.165) is 29.1 Å². The normalized spacial score (nSPS) is 12.2. The number of benzene rings is 1. The number of para-hydroxylation sites is 1. The molecule has 2 rings (SSSR count). The van der Waals surface area contributed by atoms with E-state index in [1.807, 2.05) is 58.2 Å². The van der Waals surface area contributed by atoms with Gasteiger partial charge in [0, 0.05) is 36.6 Å². The second-order valence-electron chi connectivity index (χ2n) is 6.60. The first-order valence-electron chi connectivity index (χ1n) is 9.20. The molecule has 1 N–H and O–H groups in total. The third-order valence-electron chi connectivity index (χ3n) is 4.59. The van der Waals surface area contributed by atoms with Crippen LogP contribution in [0.25, 0.3) is 6.08 Å². The lowest BCUT2D eigenvalue weighted by molar-refractivity contribution is -0.134. The Bertz CT molecular complexity index is 824. The molecular weight excluding hydrogens is 340 g/mol. The van der Waals surface area contributed by atoms with E-state index in [2.05, 4.69) is 10.4 Å². The van der Waals surface area contributed by atoms with E-state index in [4.69, 9.17) is 0 Å². The fraction of sp³-hybridized carbons (Fsp3) is 0.381. The molecule has 2 amide bonds. The lowest BCUT2D eigenvalue weighted by atomic mass is 10.1. The van der Waals surface area contributed by atoms with Crippen LogP contribution in [0.3, 0.4) is 0 Å². The van der Waals surface area contributed by atoms with Crippen molar-refractivity contribution in [2.45, 2.75) is 40.2 Å². The Hall–Kier alpha value is -2.89. The molecule has 1 atom stereocenters. The number of anilines is 1. The molecule has 0 unspecified atom stereocenters. The summed E-state index contributed by atoms with van der Waals surface area (Å²) in [6.45, 7) is 8.12. The van der Waals surface area contributed by atoms with Crippen LogP contribution in [0.15, 0.2) is 36.4 Å². The first-order valence-corrected chi connectivity index (χ1v) is 9.20. The fourth-order valence-electron chi connectivity index (χ4n) is 2.93. The van der Waals surface area contributed by atoms with Crippen molar-refractivity contribution in [2.24, 2.45) is 7.05 Å². The first-order chi connectivity index (χ1) is 12.8. The molecule has 6 heteroatoms. The van der Waals surface area contributed by atoms with Gasteiger partial charge in [-0.2, -0.15) is 5.10 Å². The summed E-state index contributed by atoms with van der Waals surface area (Å²) in [5.41, 5.74) is 3.52. The van der Waals surface area contributed by atoms with Crippen LogP contribution in [-0.4, -0.2) is 39.1 Å². The van der Waals surface area contributed by atoms with E-state index in [1.165, 1.54) is 6.08 Å². The lowest BCUT2D eigenvalue weighted by Crippen LogP contribution is -2.45. The number of carbonyl (C=O) groups is 2. The van der Waals surface area contributed by atoms with Crippen LogP contribution in [0.2, 0.25) is 0 Å². The highest BCUT2D eigenvalue weighted by Crippen LogP contribution is 2.15. The molecule has 0 saturated carbocycles. The third-order valence-corrected chi connectivity index (χ3v) is 4.59. The predicted molar refractivity (Wildman–Crippen MR) is 108 cm³/mol. The van der Waals surface area contributed by atoms with Crippen molar-refractivity contribution in [3.63, 3.8) is 0 Å². The summed E-state index contributed by atoms with van der Waals surface area (Å²) in [7, 11) is 1.88. The van der Waals surface area contributed by atoms with Crippen molar-refractivity contribution in [1.29, 1.82) is 0 Å². The molecule has 1 heterocycles. The molecule has 0 spiro atoms. The van der Waals surface area contributed by atoms with Crippen LogP contribution in [0, 0.1) is 13.8 Å². The summed E-state index contributed by atoms with van der Waals surface area (Å²) in [6, 6.07) is 8.68. The number of carbonyl (C=O) groups excluding carboxylic acids is 2. The number of nitrogens with zero attached hydrogens (tertiary/aromatic N) is 3. The quantitative estimate of drug-likeness (QED) is 0.763. The van der Waals surface area contributed by atoms with Crippen LogP contribution < -0.4 is 5.32 Å². The van der Waals surface area contributed by atoms with E-state index < -0.39 is 6.04 Å². The molecule has 1 aromatic heterocycles. The third kappa shape index (κ3) is 5.06. The highest BCUT2D eigenvalue weighted by atomic mass is 16.2. The van der Waals surface area contributed by atoms with E-state index in [0.29, 0.717) is 6.54 Å². The molecule has 1 aromatic carbocycles. The SMILES string of the molecule is CCCN(C(=O)/C=C/c1c(C)nn(C)c1C)[C@@H](C)C(=O)Nc1ccccc1. The molecule has 6 nitrogen and oxygen atoms in total. The summed E-state index contributed by atoms with van der Waals surface area (Å²) < 4.78 is 1.79. The number of rotatable bonds is 7. The monoisotopic (exact) mass is 368 g/mol. The van der Waals surface area contributed by atoms with Gasteiger partial charge in [0.15, 0.2) is 0 Å². The van der Waals surface area contributed by atoms with Crippen LogP contribution in [0.4, 0.5) is 5.69 Å². The van der Waals surface area contributed by atoms with Gasteiger partial charge in [-0.25, -0.2) is 0 Å². The van der Waals surface area contributed by atoms with E-state index in [-0.39, 0.29) is 11.8 Å². The topological polar surface area (TPSA) is 67.2 Å².